The number of thiophene rings is 1. The number of ether oxygens (including phenoxy) is 1. The van der Waals surface area contributed by atoms with E-state index in [9.17, 15) is 4.79 Å². The Morgan fingerprint density at radius 1 is 1.42 bits per heavy atom. The highest BCUT2D eigenvalue weighted by atomic mass is 35.5. The molecule has 1 saturated carbocycles. The Hall–Kier alpha value is -0.770. The van der Waals surface area contributed by atoms with Gasteiger partial charge >= 0.3 is 5.97 Å². The molecule has 0 aliphatic heterocycles. The normalized spacial score (nSPS) is 24.4. The van der Waals surface area contributed by atoms with Gasteiger partial charge in [-0.05, 0) is 23.8 Å². The van der Waals surface area contributed by atoms with Crippen LogP contribution < -0.4 is 0 Å². The third-order valence-corrected chi connectivity index (χ3v) is 5.74. The van der Waals surface area contributed by atoms with Gasteiger partial charge in [0.05, 0.1) is 0 Å². The topological polar surface area (TPSA) is 26.3 Å². The zero-order chi connectivity index (χ0) is 13.7. The Morgan fingerprint density at radius 3 is 2.79 bits per heavy atom. The van der Waals surface area contributed by atoms with Gasteiger partial charge in [-0.25, -0.2) is 0 Å². The Bertz CT molecular complexity index is 650. The van der Waals surface area contributed by atoms with E-state index < -0.39 is 9.75 Å². The van der Waals surface area contributed by atoms with Crippen molar-refractivity contribution in [2.24, 2.45) is 5.41 Å². The molecule has 0 bridgehead atoms. The summed E-state index contributed by atoms with van der Waals surface area (Å²) in [6.45, 7) is 2.00. The first-order valence-corrected chi connectivity index (χ1v) is 7.58. The Labute approximate surface area is 125 Å². The summed E-state index contributed by atoms with van der Waals surface area (Å²) in [5.74, 6) is -0.326. The predicted molar refractivity (Wildman–Crippen MR) is 78.8 cm³/mol. The second-order valence-corrected chi connectivity index (χ2v) is 7.44. The van der Waals surface area contributed by atoms with E-state index in [-0.39, 0.29) is 12.6 Å². The second kappa shape index (κ2) is 4.37. The number of carbonyl (C=O) groups is 1. The van der Waals surface area contributed by atoms with Gasteiger partial charge < -0.3 is 4.74 Å². The van der Waals surface area contributed by atoms with Crippen LogP contribution in [0.15, 0.2) is 29.6 Å². The number of esters is 1. The number of alkyl halides is 2. The molecule has 3 rings (SSSR count). The highest BCUT2D eigenvalue weighted by Crippen LogP contribution is 2.64. The van der Waals surface area contributed by atoms with E-state index in [1.807, 2.05) is 23.6 Å². The molecule has 0 spiro atoms. The molecule has 2 aromatic rings. The maximum atomic E-state index is 12.0. The minimum Gasteiger partial charge on any atom is -0.460 e. The molecule has 1 aliphatic rings. The molecule has 2 nitrogen and oxygen atoms in total. The maximum absolute atomic E-state index is 12.0. The molecule has 0 amide bonds. The van der Waals surface area contributed by atoms with Crippen molar-refractivity contribution >= 4 is 50.6 Å². The van der Waals surface area contributed by atoms with Crippen molar-refractivity contribution in [1.82, 2.24) is 0 Å². The molecule has 0 saturated heterocycles. The minimum absolute atomic E-state index is 0.266. The average Bonchev–Trinajstić information content (AvgIpc) is 2.75. The van der Waals surface area contributed by atoms with Crippen LogP contribution in [-0.4, -0.2) is 10.3 Å². The van der Waals surface area contributed by atoms with Gasteiger partial charge in [0, 0.05) is 16.7 Å². The summed E-state index contributed by atoms with van der Waals surface area (Å²) in [6, 6.07) is 8.05. The van der Waals surface area contributed by atoms with Crippen LogP contribution in [0.5, 0.6) is 0 Å². The Kier molecular flexibility index (Phi) is 3.04. The molecule has 100 valence electrons. The number of rotatable bonds is 3. The molecular formula is C14H12Cl2O2S. The molecule has 1 aromatic carbocycles. The number of carbonyl (C=O) groups excluding carboxylic acids is 1. The molecule has 19 heavy (non-hydrogen) atoms. The van der Waals surface area contributed by atoms with Crippen LogP contribution in [0.2, 0.25) is 0 Å². The molecule has 1 fully saturated rings. The number of benzene rings is 1. The monoisotopic (exact) mass is 314 g/mol. The van der Waals surface area contributed by atoms with Crippen molar-refractivity contribution in [3.05, 3.63) is 35.2 Å². The first-order valence-electron chi connectivity index (χ1n) is 5.94. The third kappa shape index (κ3) is 2.14. The highest BCUT2D eigenvalue weighted by molar-refractivity contribution is 7.17. The van der Waals surface area contributed by atoms with E-state index in [2.05, 4.69) is 6.07 Å². The van der Waals surface area contributed by atoms with E-state index >= 15 is 0 Å². The van der Waals surface area contributed by atoms with Gasteiger partial charge in [-0.2, -0.15) is 0 Å². The SMILES string of the molecule is CC1(C(=O)OCc2csc3ccccc23)CC1(Cl)Cl. The first-order chi connectivity index (χ1) is 8.94. The van der Waals surface area contributed by atoms with Crippen molar-refractivity contribution in [3.8, 4) is 0 Å². The lowest BCUT2D eigenvalue weighted by Crippen LogP contribution is -2.21. The lowest BCUT2D eigenvalue weighted by Gasteiger charge is -2.11. The minimum atomic E-state index is -0.971. The van der Waals surface area contributed by atoms with Gasteiger partial charge in [0.15, 0.2) is 0 Å². The van der Waals surface area contributed by atoms with Crippen molar-refractivity contribution < 1.29 is 9.53 Å². The fourth-order valence-corrected chi connectivity index (χ4v) is 3.70. The van der Waals surface area contributed by atoms with Crippen LogP contribution in [0, 0.1) is 5.41 Å². The summed E-state index contributed by atoms with van der Waals surface area (Å²) in [5.41, 5.74) is 0.259. The molecule has 1 unspecified atom stereocenters. The fourth-order valence-electron chi connectivity index (χ4n) is 2.07. The van der Waals surface area contributed by atoms with Gasteiger partial charge in [-0.3, -0.25) is 4.79 Å². The summed E-state index contributed by atoms with van der Waals surface area (Å²) >= 11 is 13.6. The van der Waals surface area contributed by atoms with Crippen LogP contribution in [0.1, 0.15) is 18.9 Å². The van der Waals surface area contributed by atoms with Crippen LogP contribution in [-0.2, 0) is 16.1 Å². The summed E-state index contributed by atoms with van der Waals surface area (Å²) in [7, 11) is 0. The number of fused-ring (bicyclic) bond motifs is 1. The largest absolute Gasteiger partial charge is 0.460 e. The summed E-state index contributed by atoms with van der Waals surface area (Å²) in [6.07, 6.45) is 0.451. The zero-order valence-corrected chi connectivity index (χ0v) is 12.6. The lowest BCUT2D eigenvalue weighted by atomic mass is 10.1. The highest BCUT2D eigenvalue weighted by Gasteiger charge is 2.69. The fraction of sp³-hybridized carbons (Fsp3) is 0.357. The molecule has 1 aliphatic carbocycles. The second-order valence-electron chi connectivity index (χ2n) is 5.05. The molecule has 0 N–H and O–H groups in total. The van der Waals surface area contributed by atoms with Gasteiger partial charge in [-0.15, -0.1) is 34.5 Å². The summed E-state index contributed by atoms with van der Waals surface area (Å²) < 4.78 is 5.57. The molecule has 5 heteroatoms. The van der Waals surface area contributed by atoms with Crippen molar-refractivity contribution in [2.45, 2.75) is 24.3 Å². The number of hydrogen-bond acceptors (Lipinski definition) is 3. The zero-order valence-electron chi connectivity index (χ0n) is 10.3. The van der Waals surface area contributed by atoms with Gasteiger partial charge in [0.2, 0.25) is 0 Å². The number of hydrogen-bond donors (Lipinski definition) is 0. The van der Waals surface area contributed by atoms with Crippen molar-refractivity contribution in [3.63, 3.8) is 0 Å². The average molecular weight is 315 g/mol. The van der Waals surface area contributed by atoms with Gasteiger partial charge in [0.25, 0.3) is 0 Å². The smallest absolute Gasteiger partial charge is 0.315 e. The molecule has 0 radical (unpaired) electrons. The molecular weight excluding hydrogens is 303 g/mol. The van der Waals surface area contributed by atoms with Crippen LogP contribution in [0.4, 0.5) is 0 Å². The first kappa shape index (κ1) is 13.2. The van der Waals surface area contributed by atoms with E-state index in [1.165, 1.54) is 4.70 Å². The van der Waals surface area contributed by atoms with Gasteiger partial charge in [0.1, 0.15) is 16.4 Å². The Balaban J connectivity index is 1.72. The van der Waals surface area contributed by atoms with E-state index in [1.54, 1.807) is 18.3 Å². The van der Waals surface area contributed by atoms with Crippen LogP contribution in [0.3, 0.4) is 0 Å². The maximum Gasteiger partial charge on any atom is 0.315 e. The lowest BCUT2D eigenvalue weighted by molar-refractivity contribution is -0.150. The molecule has 1 atom stereocenters. The van der Waals surface area contributed by atoms with Crippen LogP contribution in [0.25, 0.3) is 10.1 Å². The van der Waals surface area contributed by atoms with E-state index in [4.69, 9.17) is 27.9 Å². The quantitative estimate of drug-likeness (QED) is 0.614. The third-order valence-electron chi connectivity index (χ3n) is 3.63. The molecule has 1 aromatic heterocycles. The summed E-state index contributed by atoms with van der Waals surface area (Å²) in [4.78, 5) is 12.0. The van der Waals surface area contributed by atoms with E-state index in [0.29, 0.717) is 6.42 Å². The predicted octanol–water partition coefficient (Wildman–Crippen LogP) is 4.53. The van der Waals surface area contributed by atoms with Crippen molar-refractivity contribution in [1.29, 1.82) is 0 Å². The van der Waals surface area contributed by atoms with Crippen molar-refractivity contribution in [2.75, 3.05) is 0 Å². The standard InChI is InChI=1S/C14H12Cl2O2S/c1-13(8-14(13,15)16)12(17)18-6-9-7-19-11-5-3-2-4-10(9)11/h2-5,7H,6,8H2,1H3. The van der Waals surface area contributed by atoms with Crippen LogP contribution >= 0.6 is 34.5 Å². The summed E-state index contributed by atoms with van der Waals surface area (Å²) in [5, 5.41) is 3.14. The van der Waals surface area contributed by atoms with E-state index in [0.717, 1.165) is 10.9 Å². The molecule has 1 heterocycles. The number of halogens is 2. The van der Waals surface area contributed by atoms with Gasteiger partial charge in [-0.1, -0.05) is 18.2 Å². The Morgan fingerprint density at radius 2 is 2.11 bits per heavy atom.